The molecule has 31 heavy (non-hydrogen) atoms. The highest BCUT2D eigenvalue weighted by molar-refractivity contribution is 5.97. The Morgan fingerprint density at radius 2 is 1.81 bits per heavy atom. The van der Waals surface area contributed by atoms with Gasteiger partial charge in [-0.05, 0) is 36.4 Å². The van der Waals surface area contributed by atoms with Crippen molar-refractivity contribution in [2.24, 2.45) is 5.10 Å². The number of furan rings is 2. The summed E-state index contributed by atoms with van der Waals surface area (Å²) in [6.07, 6.45) is 1.38. The van der Waals surface area contributed by atoms with E-state index < -0.39 is 11.9 Å². The second kappa shape index (κ2) is 8.58. The van der Waals surface area contributed by atoms with E-state index in [4.69, 9.17) is 13.6 Å². The normalized spacial score (nSPS) is 11.0. The van der Waals surface area contributed by atoms with Gasteiger partial charge in [0.1, 0.15) is 11.5 Å². The first kappa shape index (κ1) is 20.0. The van der Waals surface area contributed by atoms with Gasteiger partial charge in [-0.1, -0.05) is 24.3 Å². The van der Waals surface area contributed by atoms with E-state index in [2.05, 4.69) is 15.3 Å². The molecule has 0 saturated carbocycles. The Morgan fingerprint density at radius 3 is 2.55 bits per heavy atom. The van der Waals surface area contributed by atoms with Crippen LogP contribution < -0.4 is 10.2 Å². The summed E-state index contributed by atoms with van der Waals surface area (Å²) in [7, 11) is 2.87. The minimum absolute atomic E-state index is 0.113. The number of para-hydroxylation sites is 1. The van der Waals surface area contributed by atoms with Crippen molar-refractivity contribution in [3.8, 4) is 17.1 Å². The van der Waals surface area contributed by atoms with Crippen LogP contribution in [0.3, 0.4) is 0 Å². The molecule has 0 bridgehead atoms. The fourth-order valence-corrected chi connectivity index (χ4v) is 2.98. The number of carbonyl (C=O) groups excluding carboxylic acids is 2. The number of hydrazone groups is 1. The zero-order valence-corrected chi connectivity index (χ0v) is 16.7. The predicted octanol–water partition coefficient (Wildman–Crippen LogP) is 4.25. The highest BCUT2D eigenvalue weighted by Crippen LogP contribution is 2.28. The van der Waals surface area contributed by atoms with Crippen LogP contribution in [0.15, 0.2) is 74.6 Å². The van der Waals surface area contributed by atoms with Crippen molar-refractivity contribution in [3.63, 3.8) is 0 Å². The average Bonchev–Trinajstić information content (AvgIpc) is 3.45. The molecule has 0 atom stereocenters. The molecular weight excluding hydrogens is 400 g/mol. The lowest BCUT2D eigenvalue weighted by Gasteiger charge is -2.00. The van der Waals surface area contributed by atoms with Crippen molar-refractivity contribution < 1.29 is 27.9 Å². The molecule has 0 fully saturated rings. The first-order valence-electron chi connectivity index (χ1n) is 9.27. The third-order valence-electron chi connectivity index (χ3n) is 4.53. The van der Waals surface area contributed by atoms with Gasteiger partial charge in [0.05, 0.1) is 26.0 Å². The van der Waals surface area contributed by atoms with Crippen LogP contribution >= 0.6 is 0 Å². The third kappa shape index (κ3) is 4.18. The van der Waals surface area contributed by atoms with Gasteiger partial charge in [-0.25, -0.2) is 10.2 Å². The summed E-state index contributed by atoms with van der Waals surface area (Å²) >= 11 is 0. The van der Waals surface area contributed by atoms with Crippen LogP contribution in [-0.4, -0.2) is 32.3 Å². The van der Waals surface area contributed by atoms with Gasteiger partial charge in [0.2, 0.25) is 0 Å². The van der Waals surface area contributed by atoms with Crippen LogP contribution in [-0.2, 0) is 4.74 Å². The first-order chi connectivity index (χ1) is 15.1. The molecule has 0 aliphatic heterocycles. The number of methoxy groups -OCH3 is 2. The zero-order valence-electron chi connectivity index (χ0n) is 16.7. The maximum Gasteiger partial charge on any atom is 0.337 e. The van der Waals surface area contributed by atoms with E-state index >= 15 is 0 Å². The van der Waals surface area contributed by atoms with E-state index in [1.165, 1.54) is 20.4 Å². The fourth-order valence-electron chi connectivity index (χ4n) is 2.98. The monoisotopic (exact) mass is 418 g/mol. The minimum Gasteiger partial charge on any atom is -0.493 e. The maximum absolute atomic E-state index is 12.3. The van der Waals surface area contributed by atoms with Crippen molar-refractivity contribution >= 4 is 29.1 Å². The number of hydrogen-bond donors (Lipinski definition) is 1. The van der Waals surface area contributed by atoms with Gasteiger partial charge in [-0.2, -0.15) is 5.10 Å². The van der Waals surface area contributed by atoms with Gasteiger partial charge in [-0.3, -0.25) is 4.79 Å². The van der Waals surface area contributed by atoms with E-state index in [1.807, 2.05) is 12.1 Å². The van der Waals surface area contributed by atoms with Crippen LogP contribution in [0.5, 0.6) is 5.75 Å². The van der Waals surface area contributed by atoms with Crippen molar-refractivity contribution in [2.75, 3.05) is 14.2 Å². The maximum atomic E-state index is 12.3. The number of ether oxygens (including phenoxy) is 2. The van der Waals surface area contributed by atoms with E-state index in [1.54, 1.807) is 48.5 Å². The highest BCUT2D eigenvalue weighted by atomic mass is 16.5. The molecule has 2 heterocycles. The molecule has 8 heteroatoms. The molecule has 0 aliphatic rings. The Kier molecular flexibility index (Phi) is 5.53. The molecule has 156 valence electrons. The van der Waals surface area contributed by atoms with Crippen molar-refractivity contribution in [3.05, 3.63) is 77.7 Å². The molecule has 2 aromatic carbocycles. The SMILES string of the molecule is COC(=O)c1ccc(-c2ccc(/C=N\NC(=O)c3cc4cccc(OC)c4o3)o2)cc1. The molecular formula is C23H18N2O6. The zero-order chi connectivity index (χ0) is 21.8. The van der Waals surface area contributed by atoms with Crippen LogP contribution in [0.4, 0.5) is 0 Å². The number of nitrogens with one attached hydrogen (secondary N) is 1. The summed E-state index contributed by atoms with van der Waals surface area (Å²) in [5, 5.41) is 4.67. The average molecular weight is 418 g/mol. The Morgan fingerprint density at radius 1 is 1.00 bits per heavy atom. The van der Waals surface area contributed by atoms with Crippen LogP contribution in [0.2, 0.25) is 0 Å². The second-order valence-electron chi connectivity index (χ2n) is 6.46. The van der Waals surface area contributed by atoms with Crippen LogP contribution in [0, 0.1) is 0 Å². The molecule has 0 aliphatic carbocycles. The summed E-state index contributed by atoms with van der Waals surface area (Å²) in [6, 6.07) is 17.3. The van der Waals surface area contributed by atoms with E-state index in [-0.39, 0.29) is 5.76 Å². The smallest absolute Gasteiger partial charge is 0.337 e. The van der Waals surface area contributed by atoms with E-state index in [0.29, 0.717) is 28.4 Å². The molecule has 1 N–H and O–H groups in total. The lowest BCUT2D eigenvalue weighted by Crippen LogP contribution is -2.16. The van der Waals surface area contributed by atoms with Crippen LogP contribution in [0.25, 0.3) is 22.3 Å². The van der Waals surface area contributed by atoms with Gasteiger partial charge >= 0.3 is 11.9 Å². The van der Waals surface area contributed by atoms with Crippen molar-refractivity contribution in [2.45, 2.75) is 0 Å². The number of hydrogen-bond acceptors (Lipinski definition) is 7. The lowest BCUT2D eigenvalue weighted by molar-refractivity contribution is 0.0600. The standard InChI is InChI=1S/C23H18N2O6/c1-28-19-5-3-4-16-12-20(31-21(16)19)22(26)25-24-13-17-10-11-18(30-17)14-6-8-15(9-7-14)23(27)29-2/h3-13H,1-2H3,(H,25,26)/b24-13-. The fraction of sp³-hybridized carbons (Fsp3) is 0.0870. The topological polar surface area (TPSA) is 103 Å². The summed E-state index contributed by atoms with van der Waals surface area (Å²) in [5.74, 6) is 0.787. The minimum atomic E-state index is -0.500. The molecule has 4 rings (SSSR count). The van der Waals surface area contributed by atoms with Gasteiger partial charge < -0.3 is 18.3 Å². The molecule has 1 amide bonds. The van der Waals surface area contributed by atoms with Gasteiger partial charge in [0, 0.05) is 10.9 Å². The summed E-state index contributed by atoms with van der Waals surface area (Å²) in [5.41, 5.74) is 4.13. The molecule has 8 nitrogen and oxygen atoms in total. The van der Waals surface area contributed by atoms with Crippen molar-refractivity contribution in [1.29, 1.82) is 0 Å². The van der Waals surface area contributed by atoms with Gasteiger partial charge in [0.25, 0.3) is 0 Å². The highest BCUT2D eigenvalue weighted by Gasteiger charge is 2.14. The van der Waals surface area contributed by atoms with Gasteiger partial charge in [-0.15, -0.1) is 0 Å². The molecule has 4 aromatic rings. The number of benzene rings is 2. The number of nitrogens with zero attached hydrogens (tertiary/aromatic N) is 1. The molecule has 0 unspecified atom stereocenters. The van der Waals surface area contributed by atoms with E-state index in [0.717, 1.165) is 10.9 Å². The lowest BCUT2D eigenvalue weighted by atomic mass is 10.1. The number of carbonyl (C=O) groups is 2. The molecule has 0 radical (unpaired) electrons. The first-order valence-corrected chi connectivity index (χ1v) is 9.27. The van der Waals surface area contributed by atoms with Crippen LogP contribution in [0.1, 0.15) is 26.7 Å². The predicted molar refractivity (Wildman–Crippen MR) is 113 cm³/mol. The Balaban J connectivity index is 1.42. The Hall–Kier alpha value is -4.33. The summed E-state index contributed by atoms with van der Waals surface area (Å²) in [4.78, 5) is 23.8. The quantitative estimate of drug-likeness (QED) is 0.285. The number of fused-ring (bicyclic) bond motifs is 1. The summed E-state index contributed by atoms with van der Waals surface area (Å²) in [6.45, 7) is 0. The number of amides is 1. The van der Waals surface area contributed by atoms with Crippen molar-refractivity contribution in [1.82, 2.24) is 5.43 Å². The van der Waals surface area contributed by atoms with E-state index in [9.17, 15) is 9.59 Å². The number of rotatable bonds is 6. The molecule has 0 saturated heterocycles. The second-order valence-corrected chi connectivity index (χ2v) is 6.46. The third-order valence-corrected chi connectivity index (χ3v) is 4.53. The number of esters is 1. The molecule has 2 aromatic heterocycles. The largest absolute Gasteiger partial charge is 0.493 e. The Bertz CT molecular complexity index is 1270. The Labute approximate surface area is 177 Å². The molecule has 0 spiro atoms. The van der Waals surface area contributed by atoms with Gasteiger partial charge in [0.15, 0.2) is 17.1 Å². The summed E-state index contributed by atoms with van der Waals surface area (Å²) < 4.78 is 21.2.